The molecule has 35 heavy (non-hydrogen) atoms. The van der Waals surface area contributed by atoms with Crippen molar-refractivity contribution in [2.75, 3.05) is 17.2 Å². The third-order valence-corrected chi connectivity index (χ3v) is 4.76. The van der Waals surface area contributed by atoms with Crippen LogP contribution in [0.1, 0.15) is 21.6 Å². The molecule has 0 bridgehead atoms. The number of carbonyl (C=O) groups excluding carboxylic acids is 2. The predicted molar refractivity (Wildman–Crippen MR) is 132 cm³/mol. The average molecular weight is 465 g/mol. The van der Waals surface area contributed by atoms with Crippen molar-refractivity contribution < 1.29 is 18.7 Å². The lowest BCUT2D eigenvalue weighted by Crippen LogP contribution is -2.22. The number of para-hydroxylation sites is 2. The Kier molecular flexibility index (Phi) is 7.46. The highest BCUT2D eigenvalue weighted by Crippen LogP contribution is 2.21. The molecule has 4 aromatic rings. The normalized spacial score (nSPS) is 9.97. The minimum atomic E-state index is -0.551. The Balaban J connectivity index is 1.41. The molecule has 1 aromatic heterocycles. The number of pyridine rings is 1. The minimum absolute atomic E-state index is 0.0538. The second-order valence-corrected chi connectivity index (χ2v) is 7.31. The van der Waals surface area contributed by atoms with Gasteiger partial charge < -0.3 is 15.4 Å². The predicted octanol–water partition coefficient (Wildman–Crippen LogP) is 4.89. The maximum atomic E-state index is 13.7. The van der Waals surface area contributed by atoms with Crippen LogP contribution in [-0.2, 0) is 4.79 Å². The number of nitrogens with one attached hydrogen (secondary N) is 2. The summed E-state index contributed by atoms with van der Waals surface area (Å²) in [5, 5.41) is 5.26. The number of amides is 2. The van der Waals surface area contributed by atoms with E-state index < -0.39 is 24.2 Å². The molecule has 0 saturated heterocycles. The number of ether oxygens (including phenoxy) is 1. The number of nitrogens with zero attached hydrogens (tertiary/aromatic N) is 1. The zero-order valence-electron chi connectivity index (χ0n) is 18.5. The van der Waals surface area contributed by atoms with Crippen LogP contribution in [0.5, 0.6) is 5.75 Å². The molecular formula is C28H20FN3O3. The van der Waals surface area contributed by atoms with E-state index in [1.165, 1.54) is 18.2 Å². The molecule has 0 fully saturated rings. The van der Waals surface area contributed by atoms with Crippen molar-refractivity contribution in [1.29, 1.82) is 0 Å². The number of aromatic nitrogens is 1. The fraction of sp³-hybridized carbons (Fsp3) is 0.0357. The zero-order chi connectivity index (χ0) is 24.5. The fourth-order valence-corrected chi connectivity index (χ4v) is 3.12. The van der Waals surface area contributed by atoms with E-state index in [-0.39, 0.29) is 17.0 Å². The summed E-state index contributed by atoms with van der Waals surface area (Å²) in [6.07, 6.45) is 1.67. The van der Waals surface area contributed by atoms with E-state index in [9.17, 15) is 14.0 Å². The van der Waals surface area contributed by atoms with Crippen molar-refractivity contribution in [3.05, 3.63) is 120 Å². The Morgan fingerprint density at radius 3 is 2.49 bits per heavy atom. The Morgan fingerprint density at radius 1 is 0.857 bits per heavy atom. The SMILES string of the molecule is O=C(COc1ccccc1C(=O)Nc1cccc(C#Cc2ccccn2)c1)Nc1ccccc1F. The van der Waals surface area contributed by atoms with Gasteiger partial charge in [-0.2, -0.15) is 0 Å². The molecule has 0 unspecified atom stereocenters. The van der Waals surface area contributed by atoms with E-state index in [0.717, 1.165) is 0 Å². The van der Waals surface area contributed by atoms with Gasteiger partial charge in [0.25, 0.3) is 11.8 Å². The van der Waals surface area contributed by atoms with Gasteiger partial charge in [0.1, 0.15) is 17.3 Å². The van der Waals surface area contributed by atoms with Crippen molar-refractivity contribution in [3.8, 4) is 17.6 Å². The number of hydrogen-bond acceptors (Lipinski definition) is 4. The van der Waals surface area contributed by atoms with Crippen LogP contribution >= 0.6 is 0 Å². The lowest BCUT2D eigenvalue weighted by molar-refractivity contribution is -0.118. The maximum absolute atomic E-state index is 13.7. The fourth-order valence-electron chi connectivity index (χ4n) is 3.12. The van der Waals surface area contributed by atoms with E-state index in [4.69, 9.17) is 4.74 Å². The number of anilines is 2. The molecule has 3 aromatic carbocycles. The Morgan fingerprint density at radius 2 is 1.66 bits per heavy atom. The molecule has 0 radical (unpaired) electrons. The summed E-state index contributed by atoms with van der Waals surface area (Å²) >= 11 is 0. The van der Waals surface area contributed by atoms with Crippen molar-refractivity contribution in [2.45, 2.75) is 0 Å². The second-order valence-electron chi connectivity index (χ2n) is 7.31. The summed E-state index contributed by atoms with van der Waals surface area (Å²) in [5.74, 6) is 4.71. The van der Waals surface area contributed by atoms with Crippen LogP contribution in [0.2, 0.25) is 0 Å². The Bertz CT molecular complexity index is 1410. The molecule has 0 saturated carbocycles. The molecule has 7 heteroatoms. The van der Waals surface area contributed by atoms with Gasteiger partial charge >= 0.3 is 0 Å². The molecule has 0 spiro atoms. The lowest BCUT2D eigenvalue weighted by atomic mass is 10.1. The van der Waals surface area contributed by atoms with Crippen LogP contribution in [0.4, 0.5) is 15.8 Å². The van der Waals surface area contributed by atoms with E-state index >= 15 is 0 Å². The van der Waals surface area contributed by atoms with Gasteiger partial charge in [-0.05, 0) is 60.5 Å². The highest BCUT2D eigenvalue weighted by atomic mass is 19.1. The van der Waals surface area contributed by atoms with Gasteiger partial charge in [-0.1, -0.05) is 42.3 Å². The monoisotopic (exact) mass is 465 g/mol. The summed E-state index contributed by atoms with van der Waals surface area (Å²) in [6.45, 7) is -0.392. The van der Waals surface area contributed by atoms with Crippen LogP contribution in [0.25, 0.3) is 0 Å². The highest BCUT2D eigenvalue weighted by molar-refractivity contribution is 6.06. The van der Waals surface area contributed by atoms with Gasteiger partial charge in [-0.25, -0.2) is 9.37 Å². The van der Waals surface area contributed by atoms with E-state index in [1.54, 1.807) is 54.7 Å². The van der Waals surface area contributed by atoms with Gasteiger partial charge in [0.05, 0.1) is 11.3 Å². The van der Waals surface area contributed by atoms with Crippen LogP contribution in [0, 0.1) is 17.7 Å². The van der Waals surface area contributed by atoms with Crippen molar-refractivity contribution >= 4 is 23.2 Å². The molecule has 6 nitrogen and oxygen atoms in total. The van der Waals surface area contributed by atoms with Gasteiger partial charge in [0.2, 0.25) is 0 Å². The molecule has 4 rings (SSSR count). The smallest absolute Gasteiger partial charge is 0.262 e. The number of benzene rings is 3. The number of hydrogen-bond donors (Lipinski definition) is 2. The molecule has 172 valence electrons. The largest absolute Gasteiger partial charge is 0.483 e. The molecule has 0 aliphatic rings. The van der Waals surface area contributed by atoms with Crippen molar-refractivity contribution in [1.82, 2.24) is 4.98 Å². The van der Waals surface area contributed by atoms with Crippen molar-refractivity contribution in [3.63, 3.8) is 0 Å². The first kappa shape index (κ1) is 23.2. The summed E-state index contributed by atoms with van der Waals surface area (Å²) in [7, 11) is 0. The molecule has 0 aliphatic carbocycles. The molecule has 1 heterocycles. The summed E-state index contributed by atoms with van der Waals surface area (Å²) in [5.41, 5.74) is 2.21. The third kappa shape index (κ3) is 6.53. The van der Waals surface area contributed by atoms with Crippen LogP contribution in [0.15, 0.2) is 97.2 Å². The van der Waals surface area contributed by atoms with E-state index in [2.05, 4.69) is 27.5 Å². The highest BCUT2D eigenvalue weighted by Gasteiger charge is 2.14. The van der Waals surface area contributed by atoms with Crippen LogP contribution in [0.3, 0.4) is 0 Å². The van der Waals surface area contributed by atoms with E-state index in [1.807, 2.05) is 24.3 Å². The summed E-state index contributed by atoms with van der Waals surface area (Å²) in [6, 6.07) is 25.0. The Hall–Kier alpha value is -4.96. The van der Waals surface area contributed by atoms with Gasteiger partial charge in [0, 0.05) is 17.4 Å². The van der Waals surface area contributed by atoms with Crippen molar-refractivity contribution in [2.24, 2.45) is 0 Å². The van der Waals surface area contributed by atoms with Gasteiger partial charge in [-0.15, -0.1) is 0 Å². The maximum Gasteiger partial charge on any atom is 0.262 e. The van der Waals surface area contributed by atoms with Crippen LogP contribution in [-0.4, -0.2) is 23.4 Å². The molecule has 0 aliphatic heterocycles. The number of halogens is 1. The molecule has 0 atom stereocenters. The number of carbonyl (C=O) groups is 2. The lowest BCUT2D eigenvalue weighted by Gasteiger charge is -2.12. The zero-order valence-corrected chi connectivity index (χ0v) is 18.5. The molecule has 2 N–H and O–H groups in total. The summed E-state index contributed by atoms with van der Waals surface area (Å²) in [4.78, 5) is 29.3. The topological polar surface area (TPSA) is 80.3 Å². The van der Waals surface area contributed by atoms with E-state index in [0.29, 0.717) is 16.9 Å². The van der Waals surface area contributed by atoms with Gasteiger partial charge in [-0.3, -0.25) is 9.59 Å². The first-order valence-corrected chi connectivity index (χ1v) is 10.7. The molecular weight excluding hydrogens is 445 g/mol. The Labute approximate surface area is 201 Å². The second kappa shape index (κ2) is 11.3. The van der Waals surface area contributed by atoms with Crippen LogP contribution < -0.4 is 15.4 Å². The average Bonchev–Trinajstić information content (AvgIpc) is 2.88. The number of rotatable bonds is 6. The first-order chi connectivity index (χ1) is 17.1. The first-order valence-electron chi connectivity index (χ1n) is 10.7. The molecule has 2 amide bonds. The standard InChI is InChI=1S/C28H20FN3O3/c29-24-12-2-3-13-25(24)32-27(33)19-35-26-14-4-1-11-23(26)28(34)31-22-10-7-8-20(18-22)15-16-21-9-5-6-17-30-21/h1-14,17-18H,19H2,(H,31,34)(H,32,33). The minimum Gasteiger partial charge on any atom is -0.483 e. The quantitative estimate of drug-likeness (QED) is 0.398. The third-order valence-electron chi connectivity index (χ3n) is 4.76. The summed E-state index contributed by atoms with van der Waals surface area (Å²) < 4.78 is 19.3. The van der Waals surface area contributed by atoms with Gasteiger partial charge in [0.15, 0.2) is 6.61 Å².